The van der Waals surface area contributed by atoms with Crippen molar-refractivity contribution in [1.82, 2.24) is 67.3 Å². The summed E-state index contributed by atoms with van der Waals surface area (Å²) in [6.45, 7) is 67.4. The number of likely N-dealkylation sites (N-methyl/N-ethyl adjacent to an activating group) is 3. The fraction of sp³-hybridized carbons (Fsp3) is 0.944. The number of nitrogens with one attached hydrogen (secondary N) is 10. The van der Waals surface area contributed by atoms with Crippen LogP contribution in [0.4, 0.5) is 4.79 Å². The molecule has 12 N–H and O–H groups in total. The molecule has 0 spiro atoms. The molecule has 122 heavy (non-hydrogen) atoms. The Balaban J connectivity index is -0.000000197. The average molecular weight is 1810 g/mol. The van der Waals surface area contributed by atoms with Crippen LogP contribution in [0.2, 0.25) is 0 Å². The second-order valence-corrected chi connectivity index (χ2v) is 43.0. The number of hydrogen-bond donors (Lipinski definition) is 11. The van der Waals surface area contributed by atoms with E-state index in [4.69, 9.17) is 25.2 Å². The number of sulfonamides is 1. The lowest BCUT2D eigenvalue weighted by Gasteiger charge is -2.16. The Morgan fingerprint density at radius 1 is 0.500 bits per heavy atom. The van der Waals surface area contributed by atoms with Crippen LogP contribution in [0.15, 0.2) is 4.99 Å². The highest BCUT2D eigenvalue weighted by Gasteiger charge is 2.20. The van der Waals surface area contributed by atoms with Crippen LogP contribution in [-0.4, -0.2) is 305 Å². The second kappa shape index (κ2) is 93.6. The molecule has 0 aromatic carbocycles. The highest BCUT2D eigenvalue weighted by atomic mass is 32.2. The van der Waals surface area contributed by atoms with Gasteiger partial charge in [0.2, 0.25) is 21.9 Å². The maximum atomic E-state index is 11.0. The highest BCUT2D eigenvalue weighted by Crippen LogP contribution is 2.11. The lowest BCUT2D eigenvalue weighted by molar-refractivity contribution is -0.119. The summed E-state index contributed by atoms with van der Waals surface area (Å²) in [5, 5.41) is 39.5. The highest BCUT2D eigenvalue weighted by molar-refractivity contribution is 7.91. The standard InChI is InChI=1S/C10H20N2O.2C10H21NO.C9H22N2O2S.C9H21NO2S.2C9H21NO.C8H16N4.C8H18N2O2.C8H19NO2S/c1-8(2)5-6-11-7-9-3-4-10(13)12-9;1-9(2)5-6-11-8-10-4-3-7-12-10;1-9(2)6-8-11-7-4-5-10(3)12;1-9(2)5-6-10-7-8-11(3)14(4,12)13;1-9(2)5-7-10-6-4-8-13(3,11)12;2*1-9(2)5-6-10(3)7-8-11-4;1-7(2)4-5-11-8(10-3)12-6-9;1-7(2)3-4-10-5-6-12-8(9)11;1-8(2)4-5-9-6-7-12(3,10)11/h8-9,11H,3-7H2,1-2H3,(H,12,13);9-11H,3-8H2,1-2H3;9,11H,4-8H2,1-3H3;9-10H,5-8H2,1-4H3;9-10H,4-8H2,1-3H3;2*9H,5-8H2,1-4H3;7H,4-5H2,1-3H3,(H2,10,11,12);7,10H,3-6H2,1-2H3,(H2,9,11);8-9H,4-7H2,1-3H3/t9-;10-;;;;;;;;/m11......../s1. The number of nitriles is 1. The average Bonchev–Trinajstić information content (AvgIpc) is 1.72. The van der Waals surface area contributed by atoms with E-state index in [1.54, 1.807) is 35.2 Å². The van der Waals surface area contributed by atoms with Crippen LogP contribution in [0.1, 0.15) is 255 Å². The monoisotopic (exact) mass is 1810 g/mol. The van der Waals surface area contributed by atoms with Gasteiger partial charge in [-0.05, 0) is 249 Å². The molecule has 2 atom stereocenters. The van der Waals surface area contributed by atoms with E-state index >= 15 is 0 Å². The van der Waals surface area contributed by atoms with Gasteiger partial charge in [-0.2, -0.15) is 5.26 Å². The largest absolute Gasteiger partial charge is 0.448 e. The number of aliphatic imine (C=N–C) groups is 1. The van der Waals surface area contributed by atoms with Crippen molar-refractivity contribution < 1.29 is 58.6 Å². The first-order valence-corrected chi connectivity index (χ1v) is 52.1. The number of ether oxygens (including phenoxy) is 4. The first kappa shape index (κ1) is 134. The molecule has 0 aliphatic carbocycles. The number of carbonyl (C=O) groups excluding carboxylic acids is 3. The molecule has 2 saturated heterocycles. The minimum absolute atomic E-state index is 0.204. The number of primary amides is 1. The number of hydrogen-bond acceptors (Lipinski definition) is 24. The predicted molar refractivity (Wildman–Crippen MR) is 521 cm³/mol. The number of rotatable bonds is 58. The van der Waals surface area contributed by atoms with Crippen LogP contribution >= 0.6 is 0 Å². The summed E-state index contributed by atoms with van der Waals surface area (Å²) < 4.78 is 86.2. The van der Waals surface area contributed by atoms with Gasteiger partial charge in [0.15, 0.2) is 6.19 Å². The van der Waals surface area contributed by atoms with Crippen LogP contribution in [0, 0.1) is 70.6 Å². The number of amides is 2. The molecular weight excluding hydrogens is 1610 g/mol. The van der Waals surface area contributed by atoms with Crippen LogP contribution in [0.25, 0.3) is 0 Å². The van der Waals surface area contributed by atoms with Gasteiger partial charge in [-0.25, -0.2) is 34.4 Å². The van der Waals surface area contributed by atoms with E-state index in [-0.39, 0.29) is 11.7 Å². The molecule has 0 radical (unpaired) electrons. The zero-order valence-electron chi connectivity index (χ0n) is 84.2. The summed E-state index contributed by atoms with van der Waals surface area (Å²) in [7, 11) is 2.44. The smallest absolute Gasteiger partial charge is 0.404 e. The van der Waals surface area contributed by atoms with Gasteiger partial charge in [-0.15, -0.1) is 0 Å². The van der Waals surface area contributed by atoms with Crippen LogP contribution in [-0.2, 0) is 58.2 Å². The van der Waals surface area contributed by atoms with Gasteiger partial charge in [0.05, 0.1) is 37.1 Å². The fourth-order valence-electron chi connectivity index (χ4n) is 9.73. The van der Waals surface area contributed by atoms with Crippen molar-refractivity contribution in [2.45, 2.75) is 267 Å². The van der Waals surface area contributed by atoms with Crippen molar-refractivity contribution in [3.63, 3.8) is 0 Å². The third-order valence-corrected chi connectivity index (χ3v) is 21.5. The molecule has 736 valence electrons. The van der Waals surface area contributed by atoms with E-state index < -0.39 is 35.8 Å². The van der Waals surface area contributed by atoms with Crippen molar-refractivity contribution in [2.24, 2.45) is 69.9 Å². The van der Waals surface area contributed by atoms with Gasteiger partial charge >= 0.3 is 6.09 Å². The number of guanidine groups is 1. The molecule has 2 rings (SSSR count). The van der Waals surface area contributed by atoms with Gasteiger partial charge in [-0.1, -0.05) is 138 Å². The summed E-state index contributed by atoms with van der Waals surface area (Å²) in [6, 6.07) is 0.375. The molecule has 2 aliphatic heterocycles. The van der Waals surface area contributed by atoms with E-state index in [0.29, 0.717) is 98.3 Å². The molecule has 0 aromatic heterocycles. The summed E-state index contributed by atoms with van der Waals surface area (Å²) in [6.07, 6.45) is 23.8. The van der Waals surface area contributed by atoms with E-state index in [1.165, 1.54) is 81.1 Å². The van der Waals surface area contributed by atoms with Gasteiger partial charge in [0.25, 0.3) is 0 Å². The number of nitrogens with zero attached hydrogens (tertiary/aromatic N) is 5. The molecule has 2 heterocycles. The van der Waals surface area contributed by atoms with E-state index in [0.717, 1.165) is 199 Å². The van der Waals surface area contributed by atoms with Gasteiger partial charge in [0, 0.05) is 125 Å². The Hall–Kier alpha value is -3.50. The van der Waals surface area contributed by atoms with Crippen molar-refractivity contribution in [3.05, 3.63) is 0 Å². The second-order valence-electron chi connectivity index (χ2n) is 36.4. The molecule has 2 fully saturated rings. The topological polar surface area (TPSA) is 383 Å². The Labute approximate surface area is 753 Å². The van der Waals surface area contributed by atoms with Crippen molar-refractivity contribution in [2.75, 3.05) is 230 Å². The van der Waals surface area contributed by atoms with Crippen molar-refractivity contribution in [1.29, 1.82) is 5.26 Å². The summed E-state index contributed by atoms with van der Waals surface area (Å²) in [4.78, 5) is 40.0. The van der Waals surface area contributed by atoms with Gasteiger partial charge in [0.1, 0.15) is 32.1 Å². The number of sulfone groups is 2. The molecule has 2 amide bonds. The number of nitrogens with two attached hydrogens (primary N) is 1. The molecular formula is C90H200N16O13S3. The minimum atomic E-state index is -3.01. The lowest BCUT2D eigenvalue weighted by Crippen LogP contribution is -2.36. The normalized spacial score (nSPS) is 13.9. The molecule has 0 aromatic rings. The zero-order valence-corrected chi connectivity index (χ0v) is 86.6. The molecule has 0 unspecified atom stereocenters. The maximum Gasteiger partial charge on any atom is 0.404 e. The Bertz CT molecular complexity index is 2640. The Kier molecular flexibility index (Phi) is 103. The predicted octanol–water partition coefficient (Wildman–Crippen LogP) is 11.5. The minimum Gasteiger partial charge on any atom is -0.448 e. The lowest BCUT2D eigenvalue weighted by atomic mass is 10.1. The van der Waals surface area contributed by atoms with Gasteiger partial charge < -0.3 is 87.1 Å². The van der Waals surface area contributed by atoms with Gasteiger partial charge in [-0.3, -0.25) is 15.1 Å². The van der Waals surface area contributed by atoms with E-state index in [2.05, 4.69) is 225 Å². The van der Waals surface area contributed by atoms with E-state index in [9.17, 15) is 39.6 Å². The third-order valence-electron chi connectivity index (χ3n) is 18.2. The Morgan fingerprint density at radius 3 is 1.21 bits per heavy atom. The fourth-order valence-corrected chi connectivity index (χ4v) is 11.3. The number of carbonyl (C=O) groups is 3. The molecule has 2 aliphatic rings. The van der Waals surface area contributed by atoms with Crippen LogP contribution < -0.4 is 58.9 Å². The number of methoxy groups -OCH3 is 2. The summed E-state index contributed by atoms with van der Waals surface area (Å²) >= 11 is 0. The molecule has 0 bridgehead atoms. The van der Waals surface area contributed by atoms with Crippen LogP contribution in [0.5, 0.6) is 0 Å². The summed E-state index contributed by atoms with van der Waals surface area (Å²) in [5.41, 5.74) is 4.77. The number of ketones is 1. The first-order valence-electron chi connectivity index (χ1n) is 46.2. The first-order chi connectivity index (χ1) is 56.9. The maximum absolute atomic E-state index is 11.0. The number of Topliss-reactive ketones (excluding diaryl/α,β-unsaturated/α-hetero) is 1. The molecule has 29 nitrogen and oxygen atoms in total. The molecule has 32 heteroatoms. The SMILES string of the molecule is CC(=O)CCCNCCC(C)C.CC(C)CCNCCCS(C)(=O)=O.CC(C)CCNCCN(C)S(C)(=O)=O.CC(C)CCNCCOC(N)=O.CC(C)CCNCCS(C)(=O)=O.CC(C)CCNC[C@H]1CCC(=O)N1.CC(C)CCNC[C@H]1CCCO1.CN=C(NC#N)NCCC(C)C.COCCN(C)CCC(C)C.COCCN(C)CCC(C)C. The Morgan fingerprint density at radius 2 is 0.877 bits per heavy atom. The third kappa shape index (κ3) is 137. The van der Waals surface area contributed by atoms with Crippen molar-refractivity contribution >= 4 is 53.4 Å². The molecule has 0 saturated carbocycles. The van der Waals surface area contributed by atoms with E-state index in [1.807, 2.05) is 6.19 Å². The summed E-state index contributed by atoms with van der Waals surface area (Å²) in [5.74, 6) is 8.96. The zero-order chi connectivity index (χ0) is 95.2. The van der Waals surface area contributed by atoms with Crippen molar-refractivity contribution in [3.8, 4) is 6.19 Å². The van der Waals surface area contributed by atoms with Crippen LogP contribution in [0.3, 0.4) is 0 Å². The quantitative estimate of drug-likeness (QED) is 0.00886.